The van der Waals surface area contributed by atoms with E-state index in [1.54, 1.807) is 60.7 Å². The largest absolute Gasteiger partial charge is 0.325 e. The van der Waals surface area contributed by atoms with Crippen LogP contribution < -0.4 is 10.6 Å². The van der Waals surface area contributed by atoms with Crippen LogP contribution in [0.3, 0.4) is 0 Å². The van der Waals surface area contributed by atoms with Crippen LogP contribution >= 0.6 is 0 Å². The van der Waals surface area contributed by atoms with Gasteiger partial charge in [-0.3, -0.25) is 14.4 Å². The molecule has 0 atom stereocenters. The summed E-state index contributed by atoms with van der Waals surface area (Å²) in [5, 5.41) is 5.69. The van der Waals surface area contributed by atoms with Gasteiger partial charge in [0.1, 0.15) is 0 Å². The molecule has 0 aliphatic heterocycles. The lowest BCUT2D eigenvalue weighted by Crippen LogP contribution is -2.20. The molecule has 0 aliphatic carbocycles. The summed E-state index contributed by atoms with van der Waals surface area (Å²) in [6.07, 6.45) is 0.199. The van der Waals surface area contributed by atoms with Crippen molar-refractivity contribution in [3.63, 3.8) is 0 Å². The van der Waals surface area contributed by atoms with E-state index < -0.39 is 5.91 Å². The maximum Gasteiger partial charge on any atom is 0.257 e. The van der Waals surface area contributed by atoms with E-state index in [-0.39, 0.29) is 18.1 Å². The van der Waals surface area contributed by atoms with Crippen LogP contribution in [-0.4, -0.2) is 17.6 Å². The fourth-order valence-corrected chi connectivity index (χ4v) is 3.66. The molecule has 0 aliphatic rings. The lowest BCUT2D eigenvalue weighted by atomic mass is 9.99. The second-order valence-electron chi connectivity index (χ2n) is 7.95. The summed E-state index contributed by atoms with van der Waals surface area (Å²) in [4.78, 5) is 38.9. The Balaban J connectivity index is 1.56. The van der Waals surface area contributed by atoms with Crippen molar-refractivity contribution in [2.75, 3.05) is 10.6 Å². The van der Waals surface area contributed by atoms with Gasteiger partial charge in [-0.15, -0.1) is 0 Å². The highest BCUT2D eigenvalue weighted by molar-refractivity contribution is 6.16. The molecule has 5 nitrogen and oxygen atoms in total. The zero-order valence-electron chi connectivity index (χ0n) is 18.7. The number of para-hydroxylation sites is 1. The van der Waals surface area contributed by atoms with Gasteiger partial charge >= 0.3 is 0 Å². The minimum absolute atomic E-state index is 0.177. The lowest BCUT2D eigenvalue weighted by Gasteiger charge is -2.14. The first-order valence-electron chi connectivity index (χ1n) is 11.0. The number of anilines is 2. The second kappa shape index (κ2) is 10.4. The van der Waals surface area contributed by atoms with E-state index in [2.05, 4.69) is 10.6 Å². The number of aryl methyl sites for hydroxylation is 1. The van der Waals surface area contributed by atoms with Gasteiger partial charge in [0.15, 0.2) is 5.78 Å². The van der Waals surface area contributed by atoms with Crippen LogP contribution in [0.5, 0.6) is 0 Å². The molecular weight excluding hydrogens is 424 g/mol. The highest BCUT2D eigenvalue weighted by atomic mass is 16.2. The Morgan fingerprint density at radius 1 is 0.647 bits per heavy atom. The number of hydrogen-bond donors (Lipinski definition) is 2. The Morgan fingerprint density at radius 2 is 1.26 bits per heavy atom. The summed E-state index contributed by atoms with van der Waals surface area (Å²) < 4.78 is 0. The molecule has 2 amide bonds. The van der Waals surface area contributed by atoms with Gasteiger partial charge in [0.2, 0.25) is 5.91 Å². The zero-order valence-corrected chi connectivity index (χ0v) is 18.7. The second-order valence-corrected chi connectivity index (χ2v) is 7.95. The average Bonchev–Trinajstić information content (AvgIpc) is 2.86. The third-order valence-corrected chi connectivity index (χ3v) is 5.36. The maximum absolute atomic E-state index is 13.2. The Labute approximate surface area is 198 Å². The van der Waals surface area contributed by atoms with Crippen molar-refractivity contribution in [2.45, 2.75) is 13.3 Å². The monoisotopic (exact) mass is 448 g/mol. The fraction of sp³-hybridized carbons (Fsp3) is 0.0690. The van der Waals surface area contributed by atoms with Gasteiger partial charge in [0.05, 0.1) is 23.4 Å². The zero-order chi connectivity index (χ0) is 23.9. The first-order valence-corrected chi connectivity index (χ1v) is 11.0. The van der Waals surface area contributed by atoms with Crippen molar-refractivity contribution in [1.82, 2.24) is 0 Å². The van der Waals surface area contributed by atoms with Gasteiger partial charge in [-0.05, 0) is 36.8 Å². The number of carbonyl (C=O) groups excluding carboxylic acids is 3. The summed E-state index contributed by atoms with van der Waals surface area (Å²) in [7, 11) is 0. The van der Waals surface area contributed by atoms with E-state index in [9.17, 15) is 14.4 Å². The van der Waals surface area contributed by atoms with Crippen LogP contribution in [0, 0.1) is 6.92 Å². The maximum atomic E-state index is 13.2. The van der Waals surface area contributed by atoms with Crippen molar-refractivity contribution < 1.29 is 14.4 Å². The molecule has 4 aromatic carbocycles. The molecule has 34 heavy (non-hydrogen) atoms. The number of nitrogens with one attached hydrogen (secondary N) is 2. The van der Waals surface area contributed by atoms with Crippen LogP contribution in [-0.2, 0) is 11.2 Å². The lowest BCUT2D eigenvalue weighted by molar-refractivity contribution is -0.115. The Hall–Kier alpha value is -4.51. The molecular formula is C29H24N2O3. The van der Waals surface area contributed by atoms with Crippen LogP contribution in [0.25, 0.3) is 0 Å². The fourth-order valence-electron chi connectivity index (χ4n) is 3.66. The third-order valence-electron chi connectivity index (χ3n) is 5.36. The van der Waals surface area contributed by atoms with Gasteiger partial charge in [0.25, 0.3) is 5.91 Å². The van der Waals surface area contributed by atoms with Crippen molar-refractivity contribution in [1.29, 1.82) is 0 Å². The predicted molar refractivity (Wildman–Crippen MR) is 134 cm³/mol. The van der Waals surface area contributed by atoms with Crippen molar-refractivity contribution in [3.05, 3.63) is 131 Å². The normalized spacial score (nSPS) is 10.4. The molecule has 0 saturated carbocycles. The summed E-state index contributed by atoms with van der Waals surface area (Å²) in [6, 6.07) is 30.5. The number of benzene rings is 4. The number of ketones is 1. The van der Waals surface area contributed by atoms with Crippen LogP contribution in [0.15, 0.2) is 103 Å². The SMILES string of the molecule is Cc1ccc(NC(=O)c2ccccc2NC(=O)Cc2ccccc2)c(C(=O)c2ccccc2)c1. The quantitative estimate of drug-likeness (QED) is 0.358. The first kappa shape index (κ1) is 22.7. The summed E-state index contributed by atoms with van der Waals surface area (Å²) in [5.74, 6) is -0.813. The molecule has 168 valence electrons. The topological polar surface area (TPSA) is 75.3 Å². The molecule has 0 aromatic heterocycles. The van der Waals surface area contributed by atoms with E-state index in [1.807, 2.05) is 49.4 Å². The molecule has 0 spiro atoms. The molecule has 0 radical (unpaired) electrons. The van der Waals surface area contributed by atoms with Crippen LogP contribution in [0.4, 0.5) is 11.4 Å². The van der Waals surface area contributed by atoms with E-state index in [4.69, 9.17) is 0 Å². The smallest absolute Gasteiger partial charge is 0.257 e. The van der Waals surface area contributed by atoms with Gasteiger partial charge in [-0.2, -0.15) is 0 Å². The van der Waals surface area contributed by atoms with Crippen LogP contribution in [0.2, 0.25) is 0 Å². The average molecular weight is 449 g/mol. The molecule has 0 unspecified atom stereocenters. The Bertz CT molecular complexity index is 1330. The highest BCUT2D eigenvalue weighted by Crippen LogP contribution is 2.24. The Kier molecular flexibility index (Phi) is 6.94. The van der Waals surface area contributed by atoms with Gasteiger partial charge in [-0.25, -0.2) is 0 Å². The van der Waals surface area contributed by atoms with Crippen molar-refractivity contribution in [2.24, 2.45) is 0 Å². The van der Waals surface area contributed by atoms with Gasteiger partial charge in [-0.1, -0.05) is 84.4 Å². The summed E-state index contributed by atoms with van der Waals surface area (Å²) in [6.45, 7) is 1.89. The molecule has 5 heteroatoms. The molecule has 0 bridgehead atoms. The van der Waals surface area contributed by atoms with Crippen molar-refractivity contribution in [3.8, 4) is 0 Å². The van der Waals surface area contributed by atoms with Gasteiger partial charge < -0.3 is 10.6 Å². The van der Waals surface area contributed by atoms with E-state index in [1.165, 1.54) is 0 Å². The standard InChI is InChI=1S/C29H24N2O3/c1-20-16-17-26(24(18-20)28(33)22-12-6-3-7-13-22)31-29(34)23-14-8-9-15-25(23)30-27(32)19-21-10-4-2-5-11-21/h2-18H,19H2,1H3,(H,30,32)(H,31,34). The minimum atomic E-state index is -0.415. The summed E-state index contributed by atoms with van der Waals surface area (Å²) >= 11 is 0. The minimum Gasteiger partial charge on any atom is -0.325 e. The Morgan fingerprint density at radius 3 is 2.00 bits per heavy atom. The first-order chi connectivity index (χ1) is 16.5. The van der Waals surface area contributed by atoms with Crippen LogP contribution in [0.1, 0.15) is 37.4 Å². The van der Waals surface area contributed by atoms with E-state index >= 15 is 0 Å². The third kappa shape index (κ3) is 5.45. The molecule has 4 rings (SSSR count). The summed E-state index contributed by atoms with van der Waals surface area (Å²) in [5.41, 5.74) is 3.86. The van der Waals surface area contributed by atoms with Gasteiger partial charge in [0, 0.05) is 11.1 Å². The molecule has 0 saturated heterocycles. The number of carbonyl (C=O) groups is 3. The van der Waals surface area contributed by atoms with Crippen molar-refractivity contribution >= 4 is 29.0 Å². The molecule has 0 fully saturated rings. The number of rotatable bonds is 7. The number of hydrogen-bond acceptors (Lipinski definition) is 3. The molecule has 0 heterocycles. The van der Waals surface area contributed by atoms with E-state index in [0.29, 0.717) is 28.1 Å². The molecule has 4 aromatic rings. The number of amides is 2. The van der Waals surface area contributed by atoms with E-state index in [0.717, 1.165) is 11.1 Å². The molecule has 2 N–H and O–H groups in total. The predicted octanol–water partition coefficient (Wildman–Crippen LogP) is 5.66. The highest BCUT2D eigenvalue weighted by Gasteiger charge is 2.18.